The average Bonchev–Trinajstić information content (AvgIpc) is 1.59. The van der Waals surface area contributed by atoms with E-state index in [4.69, 9.17) is 8.83 Å². The molecule has 468 valence electrons. The van der Waals surface area contributed by atoms with Crippen LogP contribution in [0.15, 0.2) is 385 Å². The fraction of sp³-hybridized carbons (Fsp3) is 0. The second-order valence-electron chi connectivity index (χ2n) is 25.9. The molecular formula is C96H62N2O2. The molecule has 0 atom stereocenters. The van der Waals surface area contributed by atoms with Gasteiger partial charge in [0.1, 0.15) is 22.3 Å². The standard InChI is InChI=1S/2C48H31NO/c1-3-11-32(12-4-1)37-25-27-41-42-28-26-38(33-13-5-2-6-14-33)31-45(42)49(44(41)30-37)39-16-9-15-36(29-39)34-21-23-35(24-22-34)40-18-10-20-47-48(40)43-17-7-8-19-46(43)50-47;1-3-11-32(12-4-1)37-25-27-44-42(30-37)43-31-38(33-13-5-2-6-14-33)26-28-45(43)49(44)39-16-9-15-36(29-39)34-21-23-35(24-22-34)40-18-10-20-47-48(40)41-17-7-8-19-46(41)50-47/h2*1-31H. The SMILES string of the molecule is c1ccc(-c2ccc3c(c2)c2cc(-c4ccccc4)ccc2n3-c2cccc(-c3ccc(-c4cccc5oc6ccccc6c45)cc3)c2)cc1.c1ccc(-c2ccc3c4ccc(-c5ccccc5)cc4n(-c4cccc(-c5ccc(-c6cccc7oc8ccccc8c67)cc5)c4)c3c2)cc1. The number of furan rings is 2. The highest BCUT2D eigenvalue weighted by molar-refractivity contribution is 6.15. The van der Waals surface area contributed by atoms with Crippen molar-refractivity contribution in [2.24, 2.45) is 0 Å². The Kier molecular flexibility index (Phi) is 14.2. The summed E-state index contributed by atoms with van der Waals surface area (Å²) in [5, 5.41) is 9.60. The number of nitrogens with zero attached hydrogens (tertiary/aromatic N) is 2. The predicted molar refractivity (Wildman–Crippen MR) is 420 cm³/mol. The summed E-state index contributed by atoms with van der Waals surface area (Å²) in [6.07, 6.45) is 0. The topological polar surface area (TPSA) is 36.1 Å². The van der Waals surface area contributed by atoms with Crippen LogP contribution in [0.4, 0.5) is 0 Å². The Hall–Kier alpha value is -13.3. The first-order valence-electron chi connectivity index (χ1n) is 34.2. The molecule has 0 N–H and O–H groups in total. The summed E-state index contributed by atoms with van der Waals surface area (Å²) in [6.45, 7) is 0. The summed E-state index contributed by atoms with van der Waals surface area (Å²) in [6, 6.07) is 135. The number of hydrogen-bond acceptors (Lipinski definition) is 2. The Bertz CT molecular complexity index is 6280. The van der Waals surface area contributed by atoms with E-state index in [0.717, 1.165) is 55.3 Å². The van der Waals surface area contributed by atoms with Gasteiger partial charge in [0.2, 0.25) is 0 Å². The molecule has 0 spiro atoms. The van der Waals surface area contributed by atoms with Gasteiger partial charge in [0, 0.05) is 54.5 Å². The van der Waals surface area contributed by atoms with E-state index in [1.807, 2.05) is 24.3 Å². The quantitative estimate of drug-likeness (QED) is 0.137. The molecule has 4 heteroatoms. The molecule has 0 unspecified atom stereocenters. The van der Waals surface area contributed by atoms with Gasteiger partial charge in [-0.15, -0.1) is 0 Å². The molecule has 0 saturated carbocycles. The van der Waals surface area contributed by atoms with E-state index < -0.39 is 0 Å². The van der Waals surface area contributed by atoms with Crippen molar-refractivity contribution in [2.75, 3.05) is 0 Å². The second-order valence-corrected chi connectivity index (χ2v) is 25.9. The van der Waals surface area contributed by atoms with Crippen LogP contribution in [0.5, 0.6) is 0 Å². The molecule has 4 aromatic heterocycles. The van der Waals surface area contributed by atoms with Crippen LogP contribution in [-0.2, 0) is 0 Å². The van der Waals surface area contributed by atoms with Crippen LogP contribution in [0.3, 0.4) is 0 Å². The normalized spacial score (nSPS) is 11.6. The van der Waals surface area contributed by atoms with Gasteiger partial charge < -0.3 is 18.0 Å². The van der Waals surface area contributed by atoms with Crippen LogP contribution in [-0.4, -0.2) is 9.13 Å². The third-order valence-corrected chi connectivity index (χ3v) is 20.0. The number of hydrogen-bond donors (Lipinski definition) is 0. The summed E-state index contributed by atoms with van der Waals surface area (Å²) in [5.41, 5.74) is 29.8. The molecule has 100 heavy (non-hydrogen) atoms. The van der Waals surface area contributed by atoms with Gasteiger partial charge in [-0.25, -0.2) is 0 Å². The van der Waals surface area contributed by atoms with Crippen LogP contribution >= 0.6 is 0 Å². The smallest absolute Gasteiger partial charge is 0.136 e. The Morgan fingerprint density at radius 3 is 0.860 bits per heavy atom. The lowest BCUT2D eigenvalue weighted by Gasteiger charge is -2.12. The molecule has 0 aliphatic heterocycles. The average molecular weight is 1280 g/mol. The van der Waals surface area contributed by atoms with E-state index in [-0.39, 0.29) is 0 Å². The minimum absolute atomic E-state index is 0.914. The van der Waals surface area contributed by atoms with Gasteiger partial charge in [-0.05, 0) is 174 Å². The zero-order chi connectivity index (χ0) is 66.0. The Morgan fingerprint density at radius 2 is 0.450 bits per heavy atom. The lowest BCUT2D eigenvalue weighted by atomic mass is 9.97. The minimum Gasteiger partial charge on any atom is -0.456 e. The van der Waals surface area contributed by atoms with Gasteiger partial charge in [-0.2, -0.15) is 0 Å². The molecule has 0 aliphatic rings. The largest absolute Gasteiger partial charge is 0.456 e. The maximum absolute atomic E-state index is 6.18. The zero-order valence-electron chi connectivity index (χ0n) is 54.5. The molecule has 20 rings (SSSR count). The van der Waals surface area contributed by atoms with Crippen LogP contribution in [0, 0.1) is 0 Å². The van der Waals surface area contributed by atoms with Crippen LogP contribution in [0.25, 0.3) is 188 Å². The van der Waals surface area contributed by atoms with E-state index in [2.05, 4.69) is 361 Å². The van der Waals surface area contributed by atoms with Gasteiger partial charge in [0.25, 0.3) is 0 Å². The van der Waals surface area contributed by atoms with Crippen LogP contribution in [0.2, 0.25) is 0 Å². The molecule has 0 amide bonds. The molecule has 0 bridgehead atoms. The number of rotatable bonds is 10. The van der Waals surface area contributed by atoms with Crippen molar-refractivity contribution in [1.82, 2.24) is 9.13 Å². The van der Waals surface area contributed by atoms with Crippen LogP contribution in [0.1, 0.15) is 0 Å². The van der Waals surface area contributed by atoms with Gasteiger partial charge in [0.05, 0.1) is 22.1 Å². The first-order valence-corrected chi connectivity index (χ1v) is 34.2. The fourth-order valence-corrected chi connectivity index (χ4v) is 15.2. The van der Waals surface area contributed by atoms with Crippen molar-refractivity contribution in [1.29, 1.82) is 0 Å². The van der Waals surface area contributed by atoms with E-state index in [1.165, 1.54) is 133 Å². The minimum atomic E-state index is 0.914. The molecule has 4 heterocycles. The Labute approximate surface area is 578 Å². The summed E-state index contributed by atoms with van der Waals surface area (Å²) in [7, 11) is 0. The van der Waals surface area contributed by atoms with Crippen molar-refractivity contribution in [3.8, 4) is 100 Å². The zero-order valence-corrected chi connectivity index (χ0v) is 54.5. The van der Waals surface area contributed by atoms with Gasteiger partial charge >= 0.3 is 0 Å². The van der Waals surface area contributed by atoms with Crippen molar-refractivity contribution < 1.29 is 8.83 Å². The highest BCUT2D eigenvalue weighted by Crippen LogP contribution is 2.43. The van der Waals surface area contributed by atoms with Gasteiger partial charge in [-0.3, -0.25) is 0 Å². The van der Waals surface area contributed by atoms with Gasteiger partial charge in [0.15, 0.2) is 0 Å². The fourth-order valence-electron chi connectivity index (χ4n) is 15.2. The first-order chi connectivity index (χ1) is 49.6. The highest BCUT2D eigenvalue weighted by atomic mass is 16.3. The van der Waals surface area contributed by atoms with Crippen molar-refractivity contribution in [3.05, 3.63) is 376 Å². The Balaban J connectivity index is 0.000000139. The molecule has 0 saturated heterocycles. The number of benzene rings is 16. The van der Waals surface area contributed by atoms with E-state index >= 15 is 0 Å². The molecule has 0 radical (unpaired) electrons. The second kappa shape index (κ2) is 24.4. The molecule has 0 fully saturated rings. The summed E-state index contributed by atoms with van der Waals surface area (Å²) in [5.74, 6) is 0. The lowest BCUT2D eigenvalue weighted by Crippen LogP contribution is -1.95. The maximum Gasteiger partial charge on any atom is 0.136 e. The van der Waals surface area contributed by atoms with Crippen molar-refractivity contribution in [2.45, 2.75) is 0 Å². The predicted octanol–water partition coefficient (Wildman–Crippen LogP) is 26.7. The number of para-hydroxylation sites is 2. The number of fused-ring (bicyclic) bond motifs is 12. The van der Waals surface area contributed by atoms with E-state index in [0.29, 0.717) is 0 Å². The third-order valence-electron chi connectivity index (χ3n) is 20.0. The maximum atomic E-state index is 6.18. The summed E-state index contributed by atoms with van der Waals surface area (Å²) >= 11 is 0. The Morgan fingerprint density at radius 1 is 0.160 bits per heavy atom. The van der Waals surface area contributed by atoms with Gasteiger partial charge in [-0.1, -0.05) is 291 Å². The molecule has 16 aromatic carbocycles. The third kappa shape index (κ3) is 10.2. The summed E-state index contributed by atoms with van der Waals surface area (Å²) in [4.78, 5) is 0. The molecule has 20 aromatic rings. The summed E-state index contributed by atoms with van der Waals surface area (Å²) < 4.78 is 17.2. The van der Waals surface area contributed by atoms with Crippen LogP contribution < -0.4 is 0 Å². The van der Waals surface area contributed by atoms with E-state index in [1.54, 1.807) is 0 Å². The van der Waals surface area contributed by atoms with E-state index in [9.17, 15) is 0 Å². The molecule has 4 nitrogen and oxygen atoms in total. The lowest BCUT2D eigenvalue weighted by molar-refractivity contribution is 0.668. The first kappa shape index (κ1) is 58.1. The van der Waals surface area contributed by atoms with Crippen molar-refractivity contribution in [3.63, 3.8) is 0 Å². The molecule has 0 aliphatic carbocycles. The molecular weight excluding hydrogens is 1210 g/mol. The monoisotopic (exact) mass is 1270 g/mol. The highest BCUT2D eigenvalue weighted by Gasteiger charge is 2.20. The number of aromatic nitrogens is 2. The van der Waals surface area contributed by atoms with Crippen molar-refractivity contribution >= 4 is 87.5 Å².